The van der Waals surface area contributed by atoms with E-state index in [2.05, 4.69) is 42.3 Å². The molecule has 2 aromatic rings. The van der Waals surface area contributed by atoms with Crippen molar-refractivity contribution in [3.63, 3.8) is 0 Å². The summed E-state index contributed by atoms with van der Waals surface area (Å²) >= 11 is 17.8. The van der Waals surface area contributed by atoms with Gasteiger partial charge in [-0.25, -0.2) is 0 Å². The summed E-state index contributed by atoms with van der Waals surface area (Å²) in [4.78, 5) is 14.8. The van der Waals surface area contributed by atoms with Gasteiger partial charge in [0.1, 0.15) is 5.75 Å². The normalized spacial score (nSPS) is 17.6. The molecule has 1 aliphatic rings. The first-order valence-corrected chi connectivity index (χ1v) is 10.5. The molecule has 2 N–H and O–H groups in total. The van der Waals surface area contributed by atoms with E-state index in [-0.39, 0.29) is 23.5 Å². The van der Waals surface area contributed by atoms with Crippen molar-refractivity contribution in [1.82, 2.24) is 19.9 Å². The average Bonchev–Trinajstić information content (AvgIpc) is 3.06. The lowest BCUT2D eigenvalue weighted by molar-refractivity contribution is -0.274. The first-order valence-electron chi connectivity index (χ1n) is 9.40. The molecule has 1 saturated heterocycles. The summed E-state index contributed by atoms with van der Waals surface area (Å²) in [5, 5.41) is 5.98. The van der Waals surface area contributed by atoms with Crippen molar-refractivity contribution in [2.24, 2.45) is 0 Å². The molecule has 13 heteroatoms. The number of benzene rings is 1. The Hall–Kier alpha value is -1.75. The van der Waals surface area contributed by atoms with Gasteiger partial charge in [0.25, 0.3) is 0 Å². The fourth-order valence-electron chi connectivity index (χ4n) is 3.20. The van der Waals surface area contributed by atoms with E-state index >= 15 is 0 Å². The van der Waals surface area contributed by atoms with Crippen molar-refractivity contribution < 1.29 is 17.9 Å². The second-order valence-electron chi connectivity index (χ2n) is 6.99. The van der Waals surface area contributed by atoms with Crippen LogP contribution in [-0.2, 0) is 3.79 Å². The van der Waals surface area contributed by atoms with Gasteiger partial charge in [-0.3, -0.25) is 0 Å². The zero-order valence-corrected chi connectivity index (χ0v) is 18.7. The van der Waals surface area contributed by atoms with E-state index < -0.39 is 10.2 Å². The number of hydrogen-bond donors (Lipinski definition) is 2. The second-order valence-corrected chi connectivity index (χ2v) is 9.27. The summed E-state index contributed by atoms with van der Waals surface area (Å²) in [6.45, 7) is 1.69. The van der Waals surface area contributed by atoms with Crippen LogP contribution in [0.3, 0.4) is 0 Å². The van der Waals surface area contributed by atoms with E-state index in [1.54, 1.807) is 0 Å². The highest BCUT2D eigenvalue weighted by Gasteiger charge is 2.31. The molecule has 0 spiro atoms. The Morgan fingerprint density at radius 1 is 1.10 bits per heavy atom. The van der Waals surface area contributed by atoms with E-state index in [4.69, 9.17) is 34.8 Å². The van der Waals surface area contributed by atoms with Crippen molar-refractivity contribution in [2.75, 3.05) is 30.8 Å². The van der Waals surface area contributed by atoms with Gasteiger partial charge in [-0.05, 0) is 57.1 Å². The molecule has 1 aromatic carbocycles. The number of likely N-dealkylation sites (tertiary alicyclic amines) is 1. The quantitative estimate of drug-likeness (QED) is 0.505. The van der Waals surface area contributed by atoms with Gasteiger partial charge in [0.15, 0.2) is 5.82 Å². The molecule has 0 radical (unpaired) electrons. The van der Waals surface area contributed by atoms with Gasteiger partial charge in [0, 0.05) is 18.3 Å². The minimum atomic E-state index is -4.77. The Labute approximate surface area is 192 Å². The number of anilines is 3. The van der Waals surface area contributed by atoms with E-state index in [0.717, 1.165) is 31.5 Å². The van der Waals surface area contributed by atoms with E-state index in [1.807, 2.05) is 0 Å². The Bertz CT molecular complexity index is 879. The number of nitrogens with one attached hydrogen (secondary N) is 2. The Morgan fingerprint density at radius 2 is 1.77 bits per heavy atom. The number of aromatic nitrogens is 3. The summed E-state index contributed by atoms with van der Waals surface area (Å²) in [5.74, 6) is -0.153. The zero-order valence-electron chi connectivity index (χ0n) is 16.4. The van der Waals surface area contributed by atoms with Crippen LogP contribution in [-0.4, -0.2) is 52.4 Å². The molecule has 2 heterocycles. The lowest BCUT2D eigenvalue weighted by atomic mass is 10.1. The molecule has 1 unspecified atom stereocenters. The molecule has 0 bridgehead atoms. The first-order chi connectivity index (χ1) is 14.5. The minimum Gasteiger partial charge on any atom is -0.406 e. The molecule has 170 valence electrons. The molecule has 0 saturated carbocycles. The maximum absolute atomic E-state index is 12.3. The number of hydrogen-bond acceptors (Lipinski definition) is 7. The standard InChI is InChI=1S/C18H20Cl3F3N6O/c1-30-10-2-3-12(30)8-9-25-15-27-14(17(19,20)21)28-16(29-15)26-11-4-6-13(7-5-11)31-18(22,23)24/h4-7,12H,2-3,8-10H2,1H3,(H2,25,26,27,28,29). The van der Waals surface area contributed by atoms with Crippen molar-refractivity contribution >= 4 is 52.4 Å². The fraction of sp³-hybridized carbons (Fsp3) is 0.500. The lowest BCUT2D eigenvalue weighted by Gasteiger charge is -2.19. The van der Waals surface area contributed by atoms with Crippen LogP contribution >= 0.6 is 34.8 Å². The molecule has 31 heavy (non-hydrogen) atoms. The van der Waals surface area contributed by atoms with Crippen LogP contribution in [0.25, 0.3) is 0 Å². The van der Waals surface area contributed by atoms with Crippen molar-refractivity contribution in [2.45, 2.75) is 35.5 Å². The minimum absolute atomic E-state index is 0.0706. The van der Waals surface area contributed by atoms with E-state index in [9.17, 15) is 13.2 Å². The summed E-state index contributed by atoms with van der Waals surface area (Å²) in [6.07, 6.45) is -1.56. The van der Waals surface area contributed by atoms with Gasteiger partial charge in [0.2, 0.25) is 15.7 Å². The van der Waals surface area contributed by atoms with Gasteiger partial charge in [-0.15, -0.1) is 13.2 Å². The van der Waals surface area contributed by atoms with Gasteiger partial charge in [-0.1, -0.05) is 34.8 Å². The average molecular weight is 500 g/mol. The monoisotopic (exact) mass is 498 g/mol. The number of nitrogens with zero attached hydrogens (tertiary/aromatic N) is 4. The molecule has 3 rings (SSSR count). The van der Waals surface area contributed by atoms with Gasteiger partial charge < -0.3 is 20.3 Å². The lowest BCUT2D eigenvalue weighted by Crippen LogP contribution is -2.27. The highest BCUT2D eigenvalue weighted by Crippen LogP contribution is 2.36. The summed E-state index contributed by atoms with van der Waals surface area (Å²) in [7, 11) is 2.09. The summed E-state index contributed by atoms with van der Waals surface area (Å²) in [6, 6.07) is 5.55. The predicted molar refractivity (Wildman–Crippen MR) is 114 cm³/mol. The van der Waals surface area contributed by atoms with E-state index in [0.29, 0.717) is 18.3 Å². The molecule has 0 aliphatic carbocycles. The first kappa shape index (κ1) is 23.9. The van der Waals surface area contributed by atoms with Gasteiger partial charge in [-0.2, -0.15) is 15.0 Å². The topological polar surface area (TPSA) is 75.2 Å². The Kier molecular flexibility index (Phi) is 7.56. The summed E-state index contributed by atoms with van der Waals surface area (Å²) in [5.41, 5.74) is 0.412. The number of rotatable bonds is 7. The molecule has 1 atom stereocenters. The van der Waals surface area contributed by atoms with Crippen LogP contribution in [0, 0.1) is 0 Å². The predicted octanol–water partition coefficient (Wildman–Crippen LogP) is 5.24. The van der Waals surface area contributed by atoms with Gasteiger partial charge in [0.05, 0.1) is 0 Å². The third-order valence-corrected chi connectivity index (χ3v) is 5.17. The third-order valence-electron chi connectivity index (χ3n) is 4.67. The second kappa shape index (κ2) is 9.81. The highest BCUT2D eigenvalue weighted by molar-refractivity contribution is 6.66. The molecular weight excluding hydrogens is 480 g/mol. The number of halogens is 6. The molecule has 7 nitrogen and oxygen atoms in total. The van der Waals surface area contributed by atoms with Crippen LogP contribution < -0.4 is 15.4 Å². The van der Waals surface area contributed by atoms with Crippen LogP contribution in [0.5, 0.6) is 5.75 Å². The zero-order chi connectivity index (χ0) is 22.6. The van der Waals surface area contributed by atoms with Crippen molar-refractivity contribution in [1.29, 1.82) is 0 Å². The molecule has 0 amide bonds. The third kappa shape index (κ3) is 7.41. The van der Waals surface area contributed by atoms with Crippen LogP contribution in [0.4, 0.5) is 30.8 Å². The maximum Gasteiger partial charge on any atom is 0.573 e. The largest absolute Gasteiger partial charge is 0.573 e. The summed E-state index contributed by atoms with van der Waals surface area (Å²) < 4.78 is 38.9. The van der Waals surface area contributed by atoms with E-state index in [1.165, 1.54) is 18.6 Å². The highest BCUT2D eigenvalue weighted by atomic mass is 35.6. The van der Waals surface area contributed by atoms with Crippen LogP contribution in [0.2, 0.25) is 0 Å². The van der Waals surface area contributed by atoms with Gasteiger partial charge >= 0.3 is 6.36 Å². The molecule has 1 aliphatic heterocycles. The number of alkyl halides is 6. The maximum atomic E-state index is 12.3. The Balaban J connectivity index is 1.70. The SMILES string of the molecule is CN1CCCC1CCNc1nc(Nc2ccc(OC(F)(F)F)cc2)nc(C(Cl)(Cl)Cl)n1. The van der Waals surface area contributed by atoms with Crippen molar-refractivity contribution in [3.05, 3.63) is 30.1 Å². The molecular formula is C18H20Cl3F3N6O. The molecule has 1 aromatic heterocycles. The van der Waals surface area contributed by atoms with Crippen molar-refractivity contribution in [3.8, 4) is 5.75 Å². The molecule has 1 fully saturated rings. The smallest absolute Gasteiger partial charge is 0.406 e. The van der Waals surface area contributed by atoms with Crippen LogP contribution in [0.1, 0.15) is 25.1 Å². The Morgan fingerprint density at radius 3 is 2.35 bits per heavy atom. The fourth-order valence-corrected chi connectivity index (χ4v) is 3.45. The number of ether oxygens (including phenoxy) is 1. The van der Waals surface area contributed by atoms with Crippen LogP contribution in [0.15, 0.2) is 24.3 Å².